The lowest BCUT2D eigenvalue weighted by Gasteiger charge is -2.32. The molecule has 1 aliphatic heterocycles. The average molecular weight is 277 g/mol. The van der Waals surface area contributed by atoms with Crippen LogP contribution in [0.4, 0.5) is 5.69 Å². The predicted octanol–water partition coefficient (Wildman–Crippen LogP) is 1.09. The van der Waals surface area contributed by atoms with E-state index in [9.17, 15) is 5.11 Å². The summed E-state index contributed by atoms with van der Waals surface area (Å²) in [4.78, 5) is 4.59. The minimum atomic E-state index is -0.298. The van der Waals surface area contributed by atoms with E-state index in [4.69, 9.17) is 0 Å². The van der Waals surface area contributed by atoms with E-state index >= 15 is 0 Å². The Labute approximate surface area is 122 Å². The molecule has 0 spiro atoms. The molecule has 0 bridgehead atoms. The van der Waals surface area contributed by atoms with Crippen molar-refractivity contribution in [2.75, 3.05) is 50.7 Å². The van der Waals surface area contributed by atoms with E-state index in [1.54, 1.807) is 0 Å². The Kier molecular flexibility index (Phi) is 5.83. The maximum atomic E-state index is 10.3. The molecule has 0 aliphatic carbocycles. The highest BCUT2D eigenvalue weighted by Gasteiger charge is 2.16. The first-order chi connectivity index (χ1) is 9.69. The number of likely N-dealkylation sites (N-methyl/N-ethyl adjacent to an activating group) is 1. The first kappa shape index (κ1) is 15.3. The molecule has 4 nitrogen and oxygen atoms in total. The number of rotatable bonds is 6. The third-order valence-electron chi connectivity index (χ3n) is 3.86. The number of aliphatic hydroxyl groups excluding tert-OH is 1. The van der Waals surface area contributed by atoms with Gasteiger partial charge in [-0.15, -0.1) is 0 Å². The highest BCUT2D eigenvalue weighted by molar-refractivity contribution is 5.48. The van der Waals surface area contributed by atoms with Gasteiger partial charge in [0.2, 0.25) is 0 Å². The summed E-state index contributed by atoms with van der Waals surface area (Å²) in [5.41, 5.74) is 2.46. The number of nitrogens with one attached hydrogen (secondary N) is 1. The quantitative estimate of drug-likeness (QED) is 0.816. The topological polar surface area (TPSA) is 38.7 Å². The molecule has 1 aromatic rings. The molecule has 2 N–H and O–H groups in total. The fourth-order valence-corrected chi connectivity index (χ4v) is 2.75. The van der Waals surface area contributed by atoms with Gasteiger partial charge in [-0.2, -0.15) is 0 Å². The summed E-state index contributed by atoms with van der Waals surface area (Å²) in [5, 5.41) is 13.7. The van der Waals surface area contributed by atoms with Crippen LogP contribution in [0.2, 0.25) is 0 Å². The molecule has 0 saturated carbocycles. The van der Waals surface area contributed by atoms with Gasteiger partial charge in [-0.25, -0.2) is 0 Å². The number of aryl methyl sites for hydroxylation is 1. The summed E-state index contributed by atoms with van der Waals surface area (Å²) >= 11 is 0. The number of nitrogens with zero attached hydrogens (tertiary/aromatic N) is 2. The van der Waals surface area contributed by atoms with Gasteiger partial charge in [-0.1, -0.05) is 12.1 Å². The Balaban J connectivity index is 1.88. The lowest BCUT2D eigenvalue weighted by atomic mass is 10.2. The maximum Gasteiger partial charge on any atom is 0.0841 e. The Morgan fingerprint density at radius 3 is 2.75 bits per heavy atom. The predicted molar refractivity (Wildman–Crippen MR) is 84.4 cm³/mol. The maximum absolute atomic E-state index is 10.3. The van der Waals surface area contributed by atoms with Crippen LogP contribution in [0.3, 0.4) is 0 Å². The van der Waals surface area contributed by atoms with Crippen LogP contribution in [-0.2, 0) is 0 Å². The van der Waals surface area contributed by atoms with Gasteiger partial charge in [0.05, 0.1) is 6.10 Å². The summed E-state index contributed by atoms with van der Waals surface area (Å²) in [6.07, 6.45) is -0.298. The fraction of sp³-hybridized carbons (Fsp3) is 0.625. The molecule has 1 aromatic carbocycles. The largest absolute Gasteiger partial charge is 0.390 e. The van der Waals surface area contributed by atoms with Crippen molar-refractivity contribution >= 4 is 5.69 Å². The monoisotopic (exact) mass is 277 g/mol. The van der Waals surface area contributed by atoms with E-state index in [1.807, 2.05) is 0 Å². The normalized spacial score (nSPS) is 17.9. The summed E-state index contributed by atoms with van der Waals surface area (Å²) in [6.45, 7) is 10.8. The van der Waals surface area contributed by atoms with E-state index in [2.05, 4.69) is 53.2 Å². The van der Waals surface area contributed by atoms with Gasteiger partial charge in [-0.05, 0) is 31.5 Å². The molecule has 2 rings (SSSR count). The zero-order valence-electron chi connectivity index (χ0n) is 12.7. The average Bonchev–Trinajstić information content (AvgIpc) is 2.46. The zero-order valence-corrected chi connectivity index (χ0v) is 12.7. The Bertz CT molecular complexity index is 404. The molecule has 1 saturated heterocycles. The van der Waals surface area contributed by atoms with Crippen LogP contribution in [0.5, 0.6) is 0 Å². The van der Waals surface area contributed by atoms with Crippen molar-refractivity contribution in [3.05, 3.63) is 29.8 Å². The number of aliphatic hydroxyl groups is 1. The summed E-state index contributed by atoms with van der Waals surface area (Å²) in [6, 6.07) is 8.49. The Hall–Kier alpha value is -1.10. The van der Waals surface area contributed by atoms with Gasteiger partial charge < -0.3 is 15.3 Å². The number of piperazine rings is 1. The highest BCUT2D eigenvalue weighted by atomic mass is 16.3. The molecule has 4 heteroatoms. The van der Waals surface area contributed by atoms with Crippen molar-refractivity contribution in [2.45, 2.75) is 20.0 Å². The molecule has 1 heterocycles. The number of benzene rings is 1. The molecule has 1 atom stereocenters. The molecule has 0 radical (unpaired) electrons. The van der Waals surface area contributed by atoms with Gasteiger partial charge in [0, 0.05) is 51.5 Å². The molecule has 20 heavy (non-hydrogen) atoms. The van der Waals surface area contributed by atoms with Crippen LogP contribution >= 0.6 is 0 Å². The fourth-order valence-electron chi connectivity index (χ4n) is 2.75. The minimum Gasteiger partial charge on any atom is -0.390 e. The molecule has 1 fully saturated rings. The number of hydrogen-bond donors (Lipinski definition) is 2. The Morgan fingerprint density at radius 1 is 1.35 bits per heavy atom. The molecule has 112 valence electrons. The SMILES string of the molecule is CCN(CC(O)CN1CCNCC1)c1cccc(C)c1. The zero-order chi connectivity index (χ0) is 14.4. The smallest absolute Gasteiger partial charge is 0.0841 e. The molecule has 1 unspecified atom stereocenters. The van der Waals surface area contributed by atoms with Crippen molar-refractivity contribution < 1.29 is 5.11 Å². The summed E-state index contributed by atoms with van der Waals surface area (Å²) in [7, 11) is 0. The van der Waals surface area contributed by atoms with Crippen LogP contribution < -0.4 is 10.2 Å². The van der Waals surface area contributed by atoms with Crippen LogP contribution in [0.15, 0.2) is 24.3 Å². The third kappa shape index (κ3) is 4.47. The highest BCUT2D eigenvalue weighted by Crippen LogP contribution is 2.16. The van der Waals surface area contributed by atoms with Crippen molar-refractivity contribution in [3.8, 4) is 0 Å². The van der Waals surface area contributed by atoms with Crippen LogP contribution in [-0.4, -0.2) is 61.9 Å². The van der Waals surface area contributed by atoms with Gasteiger partial charge in [0.25, 0.3) is 0 Å². The second-order valence-electron chi connectivity index (χ2n) is 5.58. The minimum absolute atomic E-state index is 0.298. The van der Waals surface area contributed by atoms with Crippen LogP contribution in [0.25, 0.3) is 0 Å². The van der Waals surface area contributed by atoms with Crippen molar-refractivity contribution in [1.29, 1.82) is 0 Å². The van der Waals surface area contributed by atoms with Gasteiger partial charge in [-0.3, -0.25) is 4.90 Å². The third-order valence-corrected chi connectivity index (χ3v) is 3.86. The molecule has 0 amide bonds. The van der Waals surface area contributed by atoms with E-state index < -0.39 is 0 Å². The van der Waals surface area contributed by atoms with Gasteiger partial charge >= 0.3 is 0 Å². The molecular formula is C16H27N3O. The van der Waals surface area contributed by atoms with Gasteiger partial charge in [0.15, 0.2) is 0 Å². The van der Waals surface area contributed by atoms with Crippen molar-refractivity contribution in [3.63, 3.8) is 0 Å². The molecular weight excluding hydrogens is 250 g/mol. The first-order valence-corrected chi connectivity index (χ1v) is 7.62. The van der Waals surface area contributed by atoms with Crippen LogP contribution in [0.1, 0.15) is 12.5 Å². The first-order valence-electron chi connectivity index (χ1n) is 7.62. The van der Waals surface area contributed by atoms with E-state index in [-0.39, 0.29) is 6.10 Å². The standard InChI is InChI=1S/C16H27N3O/c1-3-19(15-6-4-5-14(2)11-15)13-16(20)12-18-9-7-17-8-10-18/h4-6,11,16-17,20H,3,7-10,12-13H2,1-2H3. The number of β-amino-alcohol motifs (C(OH)–C–C–N with tert-alkyl or cyclic N) is 1. The lowest BCUT2D eigenvalue weighted by molar-refractivity contribution is 0.109. The number of anilines is 1. The Morgan fingerprint density at radius 2 is 2.10 bits per heavy atom. The second kappa shape index (κ2) is 7.62. The summed E-state index contributed by atoms with van der Waals surface area (Å²) in [5.74, 6) is 0. The second-order valence-corrected chi connectivity index (χ2v) is 5.58. The van der Waals surface area contributed by atoms with Crippen molar-refractivity contribution in [2.24, 2.45) is 0 Å². The van der Waals surface area contributed by atoms with E-state index in [0.717, 1.165) is 39.3 Å². The van der Waals surface area contributed by atoms with E-state index in [1.165, 1.54) is 11.3 Å². The van der Waals surface area contributed by atoms with Crippen LogP contribution in [0, 0.1) is 6.92 Å². The lowest BCUT2D eigenvalue weighted by Crippen LogP contribution is -2.48. The molecule has 0 aromatic heterocycles. The summed E-state index contributed by atoms with van der Waals surface area (Å²) < 4.78 is 0. The van der Waals surface area contributed by atoms with E-state index in [0.29, 0.717) is 6.54 Å². The van der Waals surface area contributed by atoms with Crippen molar-refractivity contribution in [1.82, 2.24) is 10.2 Å². The molecule has 1 aliphatic rings. The number of hydrogen-bond acceptors (Lipinski definition) is 4. The van der Waals surface area contributed by atoms with Gasteiger partial charge in [0.1, 0.15) is 0 Å².